The van der Waals surface area contributed by atoms with Crippen molar-refractivity contribution in [3.05, 3.63) is 112 Å². The number of nitrogens with one attached hydrogen (secondary N) is 2. The molecule has 1 aliphatic rings. The van der Waals surface area contributed by atoms with Crippen molar-refractivity contribution in [3.63, 3.8) is 0 Å². The Balaban J connectivity index is 1.14. The zero-order chi connectivity index (χ0) is 31.5. The predicted octanol–water partition coefficient (Wildman–Crippen LogP) is 6.19. The Hall–Kier alpha value is -5.66. The second kappa shape index (κ2) is 12.8. The number of rotatable bonds is 9. The first-order valence-electron chi connectivity index (χ1n) is 14.6. The molecule has 6 aromatic rings. The molecule has 46 heavy (non-hydrogen) atoms. The maximum absolute atomic E-state index is 12.9. The molecule has 0 spiro atoms. The summed E-state index contributed by atoms with van der Waals surface area (Å²) in [6.07, 6.45) is 3.53. The maximum atomic E-state index is 12.9. The van der Waals surface area contributed by atoms with Gasteiger partial charge in [-0.05, 0) is 42.5 Å². The van der Waals surface area contributed by atoms with Crippen LogP contribution in [-0.2, 0) is 16.0 Å². The number of amides is 1. The van der Waals surface area contributed by atoms with E-state index in [0.717, 1.165) is 53.9 Å². The SMILES string of the molecule is O=C(Cc1ccccc1[N+](=O)[O-])Nc1cccc(-c2nc3sccn3c2-c2ccnc(Nc3ccc(N4CCOCC4)cc3)n2)c1. The van der Waals surface area contributed by atoms with Crippen molar-refractivity contribution in [3.8, 4) is 22.6 Å². The summed E-state index contributed by atoms with van der Waals surface area (Å²) in [5.41, 5.74) is 5.76. The van der Waals surface area contributed by atoms with Crippen molar-refractivity contribution < 1.29 is 14.5 Å². The van der Waals surface area contributed by atoms with Gasteiger partial charge in [0.2, 0.25) is 11.9 Å². The van der Waals surface area contributed by atoms with E-state index in [1.54, 1.807) is 30.5 Å². The monoisotopic (exact) mass is 632 g/mol. The molecule has 0 radical (unpaired) electrons. The summed E-state index contributed by atoms with van der Waals surface area (Å²) in [5, 5.41) is 19.5. The van der Waals surface area contributed by atoms with Gasteiger partial charge in [0.15, 0.2) is 4.96 Å². The number of aromatic nitrogens is 4. The lowest BCUT2D eigenvalue weighted by Gasteiger charge is -2.28. The van der Waals surface area contributed by atoms with Gasteiger partial charge >= 0.3 is 0 Å². The zero-order valence-electron chi connectivity index (χ0n) is 24.5. The van der Waals surface area contributed by atoms with Crippen LogP contribution in [0.5, 0.6) is 0 Å². The number of carbonyl (C=O) groups is 1. The van der Waals surface area contributed by atoms with E-state index in [9.17, 15) is 14.9 Å². The van der Waals surface area contributed by atoms with Crippen LogP contribution in [0.4, 0.5) is 28.7 Å². The summed E-state index contributed by atoms with van der Waals surface area (Å²) >= 11 is 1.51. The number of nitro benzene ring substituents is 1. The van der Waals surface area contributed by atoms with E-state index in [-0.39, 0.29) is 18.0 Å². The largest absolute Gasteiger partial charge is 0.378 e. The van der Waals surface area contributed by atoms with Gasteiger partial charge in [-0.3, -0.25) is 19.3 Å². The average Bonchev–Trinajstić information content (AvgIpc) is 3.68. The summed E-state index contributed by atoms with van der Waals surface area (Å²) in [7, 11) is 0. The molecule has 0 atom stereocenters. The Bertz CT molecular complexity index is 2040. The fourth-order valence-electron chi connectivity index (χ4n) is 5.45. The highest BCUT2D eigenvalue weighted by atomic mass is 32.1. The molecule has 13 heteroatoms. The predicted molar refractivity (Wildman–Crippen MR) is 178 cm³/mol. The first-order chi connectivity index (χ1) is 22.5. The summed E-state index contributed by atoms with van der Waals surface area (Å²) in [6, 6.07) is 23.6. The van der Waals surface area contributed by atoms with E-state index >= 15 is 0 Å². The summed E-state index contributed by atoms with van der Waals surface area (Å²) < 4.78 is 7.45. The highest BCUT2D eigenvalue weighted by molar-refractivity contribution is 7.15. The molecular weight excluding hydrogens is 604 g/mol. The topological polar surface area (TPSA) is 140 Å². The van der Waals surface area contributed by atoms with E-state index in [1.807, 2.05) is 52.4 Å². The van der Waals surface area contributed by atoms with E-state index in [1.165, 1.54) is 17.4 Å². The second-order valence-corrected chi connectivity index (χ2v) is 11.5. The molecule has 3 aromatic heterocycles. The van der Waals surface area contributed by atoms with E-state index in [0.29, 0.717) is 28.6 Å². The van der Waals surface area contributed by atoms with Gasteiger partial charge in [0.05, 0.1) is 35.9 Å². The van der Waals surface area contributed by atoms with Gasteiger partial charge in [0, 0.05) is 65.1 Å². The van der Waals surface area contributed by atoms with Gasteiger partial charge in [-0.2, -0.15) is 0 Å². The average molecular weight is 633 g/mol. The number of benzene rings is 3. The van der Waals surface area contributed by atoms with Crippen molar-refractivity contribution in [2.24, 2.45) is 0 Å². The van der Waals surface area contributed by atoms with Crippen molar-refractivity contribution in [2.45, 2.75) is 6.42 Å². The van der Waals surface area contributed by atoms with Crippen LogP contribution in [0.1, 0.15) is 5.56 Å². The molecule has 230 valence electrons. The number of fused-ring (bicyclic) bond motifs is 1. The number of anilines is 4. The Morgan fingerprint density at radius 2 is 1.80 bits per heavy atom. The molecule has 4 heterocycles. The highest BCUT2D eigenvalue weighted by Gasteiger charge is 2.20. The Kier molecular flexibility index (Phi) is 8.06. The third-order valence-corrected chi connectivity index (χ3v) is 8.38. The van der Waals surface area contributed by atoms with E-state index in [4.69, 9.17) is 14.7 Å². The Morgan fingerprint density at radius 3 is 2.63 bits per heavy atom. The van der Waals surface area contributed by atoms with Gasteiger partial charge < -0.3 is 20.3 Å². The van der Waals surface area contributed by atoms with Crippen LogP contribution in [0.3, 0.4) is 0 Å². The molecule has 1 saturated heterocycles. The van der Waals surface area contributed by atoms with Crippen molar-refractivity contribution in [1.29, 1.82) is 0 Å². The number of imidazole rings is 1. The number of nitrogens with zero attached hydrogens (tertiary/aromatic N) is 6. The van der Waals surface area contributed by atoms with Gasteiger partial charge in [-0.1, -0.05) is 30.3 Å². The van der Waals surface area contributed by atoms with Gasteiger partial charge in [0.1, 0.15) is 5.69 Å². The lowest BCUT2D eigenvalue weighted by Crippen LogP contribution is -2.36. The van der Waals surface area contributed by atoms with Crippen LogP contribution in [0.2, 0.25) is 0 Å². The van der Waals surface area contributed by atoms with Crippen molar-refractivity contribution in [2.75, 3.05) is 41.8 Å². The number of hydrogen-bond donors (Lipinski definition) is 2. The van der Waals surface area contributed by atoms with Crippen LogP contribution < -0.4 is 15.5 Å². The molecule has 2 N–H and O–H groups in total. The molecule has 0 unspecified atom stereocenters. The number of nitro groups is 1. The van der Waals surface area contributed by atoms with E-state index < -0.39 is 4.92 Å². The van der Waals surface area contributed by atoms with Crippen molar-refractivity contribution in [1.82, 2.24) is 19.4 Å². The van der Waals surface area contributed by atoms with Gasteiger partial charge in [-0.25, -0.2) is 15.0 Å². The zero-order valence-corrected chi connectivity index (χ0v) is 25.3. The third-order valence-electron chi connectivity index (χ3n) is 7.62. The van der Waals surface area contributed by atoms with Crippen LogP contribution in [0.25, 0.3) is 27.6 Å². The standard InChI is InChI=1S/C33H28N8O4S/c42-29(21-22-4-1-2-7-28(22)41(43)44)35-25-6-3-5-23(20-25)30-31(40-16-19-46-33(40)38-30)27-12-13-34-32(37-27)36-24-8-10-26(11-9-24)39-14-17-45-18-15-39/h1-13,16,19-20H,14-15,17-18,21H2,(H,35,42)(H,34,36,37). The molecular formula is C33H28N8O4S. The van der Waals surface area contributed by atoms with Crippen LogP contribution >= 0.6 is 11.3 Å². The lowest BCUT2D eigenvalue weighted by molar-refractivity contribution is -0.385. The fraction of sp³-hybridized carbons (Fsp3) is 0.152. The fourth-order valence-corrected chi connectivity index (χ4v) is 6.16. The first kappa shape index (κ1) is 29.1. The smallest absolute Gasteiger partial charge is 0.273 e. The molecule has 0 bridgehead atoms. The maximum Gasteiger partial charge on any atom is 0.273 e. The molecule has 1 fully saturated rings. The molecule has 1 amide bonds. The number of hydrogen-bond acceptors (Lipinski definition) is 10. The summed E-state index contributed by atoms with van der Waals surface area (Å²) in [5.74, 6) is 0.0887. The molecule has 1 aliphatic heterocycles. The van der Waals surface area contributed by atoms with Gasteiger partial charge in [0.25, 0.3) is 5.69 Å². The van der Waals surface area contributed by atoms with Gasteiger partial charge in [-0.15, -0.1) is 11.3 Å². The normalized spacial score (nSPS) is 13.1. The number of ether oxygens (including phenoxy) is 1. The first-order valence-corrected chi connectivity index (χ1v) is 15.5. The minimum Gasteiger partial charge on any atom is -0.378 e. The quantitative estimate of drug-likeness (QED) is 0.141. The van der Waals surface area contributed by atoms with Crippen LogP contribution in [-0.4, -0.2) is 56.5 Å². The number of carbonyl (C=O) groups excluding carboxylic acids is 1. The molecule has 3 aromatic carbocycles. The third kappa shape index (κ3) is 6.14. The minimum absolute atomic E-state index is 0.0853. The number of morpholine rings is 1. The lowest BCUT2D eigenvalue weighted by atomic mass is 10.1. The number of thiazole rings is 1. The Morgan fingerprint density at radius 1 is 0.978 bits per heavy atom. The summed E-state index contributed by atoms with van der Waals surface area (Å²) in [6.45, 7) is 3.20. The molecule has 0 saturated carbocycles. The van der Waals surface area contributed by atoms with Crippen LogP contribution in [0.15, 0.2) is 96.6 Å². The van der Waals surface area contributed by atoms with Crippen LogP contribution in [0, 0.1) is 10.1 Å². The second-order valence-electron chi connectivity index (χ2n) is 10.6. The highest BCUT2D eigenvalue weighted by Crippen LogP contribution is 2.35. The van der Waals surface area contributed by atoms with E-state index in [2.05, 4.69) is 32.7 Å². The summed E-state index contributed by atoms with van der Waals surface area (Å²) in [4.78, 5) is 41.1. The molecule has 0 aliphatic carbocycles. The Labute approximate surface area is 267 Å². The number of para-hydroxylation sites is 1. The molecule has 7 rings (SSSR count). The molecule has 12 nitrogen and oxygen atoms in total. The van der Waals surface area contributed by atoms with Crippen molar-refractivity contribution >= 4 is 50.9 Å². The minimum atomic E-state index is -0.481.